The van der Waals surface area contributed by atoms with Crippen molar-refractivity contribution >= 4 is 22.6 Å². The molecular formula is C5H9IO2. The number of hydrogen-bond acceptors (Lipinski definition) is 2. The van der Waals surface area contributed by atoms with Crippen LogP contribution in [0.3, 0.4) is 0 Å². The van der Waals surface area contributed by atoms with Crippen LogP contribution < -0.4 is 0 Å². The van der Waals surface area contributed by atoms with Gasteiger partial charge in [0.2, 0.25) is 0 Å². The Balaban J connectivity index is 2.44. The van der Waals surface area contributed by atoms with E-state index in [9.17, 15) is 0 Å². The van der Waals surface area contributed by atoms with E-state index in [-0.39, 0.29) is 9.90 Å². The topological polar surface area (TPSA) is 18.5 Å². The third kappa shape index (κ3) is 1.56. The summed E-state index contributed by atoms with van der Waals surface area (Å²) >= 11 is 2.21. The van der Waals surface area contributed by atoms with E-state index in [1.54, 1.807) is 0 Å². The summed E-state index contributed by atoms with van der Waals surface area (Å²) in [5, 5.41) is 0. The van der Waals surface area contributed by atoms with Crippen molar-refractivity contribution in [3.8, 4) is 0 Å². The molecule has 0 spiro atoms. The molecule has 0 radical (unpaired) electrons. The molecule has 8 heavy (non-hydrogen) atoms. The second-order valence-electron chi connectivity index (χ2n) is 2.24. The standard InChI is InChI=1S/C5H9IO2/c1-5(2)7-3-4(6)8-5/h4H,3H2,1-2H3/t4-/m0/s1. The van der Waals surface area contributed by atoms with Gasteiger partial charge in [-0.3, -0.25) is 0 Å². The van der Waals surface area contributed by atoms with Crippen LogP contribution in [-0.4, -0.2) is 16.5 Å². The van der Waals surface area contributed by atoms with Crippen molar-refractivity contribution in [1.82, 2.24) is 0 Å². The first-order valence-corrected chi connectivity index (χ1v) is 3.80. The molecule has 0 saturated carbocycles. The molecule has 0 aromatic rings. The molecule has 0 bridgehead atoms. The summed E-state index contributed by atoms with van der Waals surface area (Å²) in [5.41, 5.74) is 0. The molecule has 0 aliphatic carbocycles. The molecule has 1 atom stereocenters. The highest BCUT2D eigenvalue weighted by Gasteiger charge is 2.30. The Hall–Kier alpha value is 0.650. The average Bonchev–Trinajstić information content (AvgIpc) is 1.82. The largest absolute Gasteiger partial charge is 0.347 e. The fraction of sp³-hybridized carbons (Fsp3) is 1.00. The molecule has 2 nitrogen and oxygen atoms in total. The van der Waals surface area contributed by atoms with E-state index in [0.29, 0.717) is 6.61 Å². The Labute approximate surface area is 62.7 Å². The van der Waals surface area contributed by atoms with Crippen molar-refractivity contribution in [2.45, 2.75) is 23.7 Å². The van der Waals surface area contributed by atoms with Gasteiger partial charge in [0, 0.05) is 0 Å². The lowest BCUT2D eigenvalue weighted by atomic mass is 10.4. The summed E-state index contributed by atoms with van der Waals surface area (Å²) in [6, 6.07) is 0. The highest BCUT2D eigenvalue weighted by molar-refractivity contribution is 14.1. The lowest BCUT2D eigenvalue weighted by molar-refractivity contribution is -0.127. The van der Waals surface area contributed by atoms with Gasteiger partial charge in [0.25, 0.3) is 0 Å². The molecule has 1 fully saturated rings. The van der Waals surface area contributed by atoms with E-state index >= 15 is 0 Å². The van der Waals surface area contributed by atoms with Gasteiger partial charge in [0.05, 0.1) is 6.61 Å². The smallest absolute Gasteiger partial charge is 0.164 e. The molecular weight excluding hydrogens is 219 g/mol. The van der Waals surface area contributed by atoms with Gasteiger partial charge in [-0.25, -0.2) is 0 Å². The monoisotopic (exact) mass is 228 g/mol. The zero-order valence-corrected chi connectivity index (χ0v) is 7.14. The van der Waals surface area contributed by atoms with Crippen molar-refractivity contribution in [1.29, 1.82) is 0 Å². The van der Waals surface area contributed by atoms with Gasteiger partial charge in [0.15, 0.2) is 5.79 Å². The summed E-state index contributed by atoms with van der Waals surface area (Å²) in [5.74, 6) is -0.341. The van der Waals surface area contributed by atoms with E-state index in [2.05, 4.69) is 22.6 Å². The summed E-state index contributed by atoms with van der Waals surface area (Å²) in [6.07, 6.45) is 0. The maximum Gasteiger partial charge on any atom is 0.164 e. The van der Waals surface area contributed by atoms with E-state index in [1.165, 1.54) is 0 Å². The summed E-state index contributed by atoms with van der Waals surface area (Å²) in [6.45, 7) is 4.56. The zero-order chi connectivity index (χ0) is 6.20. The Morgan fingerprint density at radius 3 is 2.38 bits per heavy atom. The third-order valence-electron chi connectivity index (χ3n) is 0.974. The van der Waals surface area contributed by atoms with Crippen LogP contribution in [0.5, 0.6) is 0 Å². The highest BCUT2D eigenvalue weighted by atomic mass is 127. The van der Waals surface area contributed by atoms with Crippen molar-refractivity contribution < 1.29 is 9.47 Å². The van der Waals surface area contributed by atoms with Gasteiger partial charge in [0.1, 0.15) is 4.11 Å². The van der Waals surface area contributed by atoms with Crippen LogP contribution in [0.25, 0.3) is 0 Å². The van der Waals surface area contributed by atoms with Crippen LogP contribution in [0, 0.1) is 0 Å². The van der Waals surface area contributed by atoms with Gasteiger partial charge in [-0.15, -0.1) is 0 Å². The number of rotatable bonds is 0. The number of hydrogen-bond donors (Lipinski definition) is 0. The first-order valence-electron chi connectivity index (χ1n) is 2.56. The molecule has 0 unspecified atom stereocenters. The summed E-state index contributed by atoms with van der Waals surface area (Å²) in [7, 11) is 0. The molecule has 1 aliphatic heterocycles. The van der Waals surface area contributed by atoms with Crippen LogP contribution in [0.15, 0.2) is 0 Å². The number of ether oxygens (including phenoxy) is 2. The van der Waals surface area contributed by atoms with E-state index < -0.39 is 0 Å². The van der Waals surface area contributed by atoms with E-state index in [4.69, 9.17) is 9.47 Å². The van der Waals surface area contributed by atoms with Crippen LogP contribution in [0.4, 0.5) is 0 Å². The minimum absolute atomic E-state index is 0.239. The highest BCUT2D eigenvalue weighted by Crippen LogP contribution is 2.25. The molecule has 3 heteroatoms. The second-order valence-corrected chi connectivity index (χ2v) is 3.63. The Bertz CT molecular complexity index is 92.4. The molecule has 0 aromatic heterocycles. The molecule has 0 amide bonds. The quantitative estimate of drug-likeness (QED) is 0.462. The third-order valence-corrected chi connectivity index (χ3v) is 1.59. The first-order chi connectivity index (χ1) is 3.60. The minimum Gasteiger partial charge on any atom is -0.347 e. The fourth-order valence-electron chi connectivity index (χ4n) is 0.642. The van der Waals surface area contributed by atoms with Crippen molar-refractivity contribution in [3.05, 3.63) is 0 Å². The Morgan fingerprint density at radius 2 is 2.25 bits per heavy atom. The van der Waals surface area contributed by atoms with Gasteiger partial charge in [-0.1, -0.05) is 0 Å². The minimum atomic E-state index is -0.341. The zero-order valence-electron chi connectivity index (χ0n) is 4.98. The normalized spacial score (nSPS) is 35.6. The van der Waals surface area contributed by atoms with E-state index in [0.717, 1.165) is 0 Å². The first kappa shape index (κ1) is 6.77. The predicted octanol–water partition coefficient (Wildman–Crippen LogP) is 1.53. The Morgan fingerprint density at radius 1 is 1.62 bits per heavy atom. The van der Waals surface area contributed by atoms with Crippen LogP contribution in [0.1, 0.15) is 13.8 Å². The van der Waals surface area contributed by atoms with Crippen molar-refractivity contribution in [2.24, 2.45) is 0 Å². The lowest BCUT2D eigenvalue weighted by Gasteiger charge is -2.14. The molecule has 1 saturated heterocycles. The molecule has 48 valence electrons. The predicted molar refractivity (Wildman–Crippen MR) is 38.9 cm³/mol. The maximum absolute atomic E-state index is 5.31. The van der Waals surface area contributed by atoms with Crippen LogP contribution in [0.2, 0.25) is 0 Å². The SMILES string of the molecule is CC1(C)OC[C@@H](I)O1. The fourth-order valence-corrected chi connectivity index (χ4v) is 1.43. The summed E-state index contributed by atoms with van der Waals surface area (Å²) < 4.78 is 10.8. The van der Waals surface area contributed by atoms with Gasteiger partial charge in [-0.2, -0.15) is 0 Å². The number of alkyl halides is 1. The molecule has 0 aromatic carbocycles. The molecule has 0 N–H and O–H groups in total. The van der Waals surface area contributed by atoms with Crippen molar-refractivity contribution in [3.63, 3.8) is 0 Å². The van der Waals surface area contributed by atoms with Crippen LogP contribution in [-0.2, 0) is 9.47 Å². The molecule has 1 aliphatic rings. The van der Waals surface area contributed by atoms with Gasteiger partial charge in [-0.05, 0) is 36.4 Å². The Kier molecular flexibility index (Phi) is 1.79. The lowest BCUT2D eigenvalue weighted by Crippen LogP contribution is -2.19. The van der Waals surface area contributed by atoms with Crippen molar-refractivity contribution in [2.75, 3.05) is 6.61 Å². The van der Waals surface area contributed by atoms with Gasteiger partial charge < -0.3 is 9.47 Å². The van der Waals surface area contributed by atoms with Gasteiger partial charge >= 0.3 is 0 Å². The average molecular weight is 228 g/mol. The molecule has 1 rings (SSSR count). The van der Waals surface area contributed by atoms with E-state index in [1.807, 2.05) is 13.8 Å². The second kappa shape index (κ2) is 2.11. The maximum atomic E-state index is 5.31. The summed E-state index contributed by atoms with van der Waals surface area (Å²) in [4.78, 5) is 0. The molecule has 1 heterocycles. The number of halogens is 1. The van der Waals surface area contributed by atoms with Crippen LogP contribution >= 0.6 is 22.6 Å².